The highest BCUT2D eigenvalue weighted by molar-refractivity contribution is 5.90. The van der Waals surface area contributed by atoms with Crippen molar-refractivity contribution in [3.8, 4) is 23.1 Å². The Balaban J connectivity index is 1.38. The van der Waals surface area contributed by atoms with E-state index in [0.717, 1.165) is 4.68 Å². The molecule has 1 amide bonds. The average Bonchev–Trinajstić information content (AvgIpc) is 3.34. The number of amides is 1. The van der Waals surface area contributed by atoms with E-state index < -0.39 is 11.6 Å². The number of aromatic nitrogens is 4. The quantitative estimate of drug-likeness (QED) is 0.541. The third kappa shape index (κ3) is 3.30. The lowest BCUT2D eigenvalue weighted by atomic mass is 10.3. The highest BCUT2D eigenvalue weighted by atomic mass is 16.7. The van der Waals surface area contributed by atoms with E-state index in [9.17, 15) is 9.59 Å². The number of hydrogen-bond acceptors (Lipinski definition) is 7. The van der Waals surface area contributed by atoms with Crippen molar-refractivity contribution in [1.82, 2.24) is 19.2 Å². The topological polar surface area (TPSA) is 109 Å². The van der Waals surface area contributed by atoms with Crippen molar-refractivity contribution in [3.63, 3.8) is 0 Å². The van der Waals surface area contributed by atoms with Gasteiger partial charge in [0.1, 0.15) is 12.3 Å². The minimum atomic E-state index is -0.480. The molecule has 0 saturated heterocycles. The predicted octanol–water partition coefficient (Wildman–Crippen LogP) is 2.05. The second-order valence-electron chi connectivity index (χ2n) is 6.40. The molecule has 0 atom stereocenters. The zero-order chi connectivity index (χ0) is 20.5. The number of para-hydroxylation sites is 1. The van der Waals surface area contributed by atoms with Crippen molar-refractivity contribution >= 4 is 17.2 Å². The molecule has 5 rings (SSSR count). The van der Waals surface area contributed by atoms with Crippen molar-refractivity contribution in [1.29, 1.82) is 0 Å². The van der Waals surface area contributed by atoms with Crippen LogP contribution >= 0.6 is 0 Å². The molecule has 0 aliphatic carbocycles. The minimum absolute atomic E-state index is 0.144. The Hall–Kier alpha value is -4.34. The van der Waals surface area contributed by atoms with Gasteiger partial charge in [-0.1, -0.05) is 18.2 Å². The summed E-state index contributed by atoms with van der Waals surface area (Å²) >= 11 is 0. The maximum absolute atomic E-state index is 12.6. The molecular formula is C20H15N5O5. The number of benzene rings is 2. The standard InChI is InChI=1S/C20H15N5O5/c26-17(22-13-6-7-15-16(10-13)29-12-28-15)11-25-20(27)24-9-8-21-19(18(24)23-25)30-14-4-2-1-3-5-14/h1-10H,11-12H2,(H,22,26). The van der Waals surface area contributed by atoms with Gasteiger partial charge in [-0.3, -0.25) is 4.79 Å². The van der Waals surface area contributed by atoms with Crippen LogP contribution in [0.5, 0.6) is 23.1 Å². The van der Waals surface area contributed by atoms with E-state index in [2.05, 4.69) is 15.4 Å². The predicted molar refractivity (Wildman–Crippen MR) is 105 cm³/mol. The Morgan fingerprint density at radius 3 is 2.83 bits per heavy atom. The lowest BCUT2D eigenvalue weighted by molar-refractivity contribution is -0.117. The molecule has 1 N–H and O–H groups in total. The van der Waals surface area contributed by atoms with Crippen molar-refractivity contribution in [2.24, 2.45) is 0 Å². The second-order valence-corrected chi connectivity index (χ2v) is 6.40. The molecule has 2 aromatic carbocycles. The molecule has 3 heterocycles. The van der Waals surface area contributed by atoms with Gasteiger partial charge in [-0.05, 0) is 24.3 Å². The zero-order valence-electron chi connectivity index (χ0n) is 15.5. The molecule has 10 nitrogen and oxygen atoms in total. The van der Waals surface area contributed by atoms with E-state index in [1.807, 2.05) is 18.2 Å². The summed E-state index contributed by atoms with van der Waals surface area (Å²) in [5.41, 5.74) is 0.254. The molecule has 0 saturated carbocycles. The monoisotopic (exact) mass is 405 g/mol. The van der Waals surface area contributed by atoms with E-state index >= 15 is 0 Å². The van der Waals surface area contributed by atoms with Gasteiger partial charge >= 0.3 is 5.69 Å². The van der Waals surface area contributed by atoms with Gasteiger partial charge in [0.2, 0.25) is 18.3 Å². The molecule has 150 valence electrons. The second kappa shape index (κ2) is 7.24. The fourth-order valence-electron chi connectivity index (χ4n) is 3.01. The molecule has 1 aliphatic rings. The Kier molecular flexibility index (Phi) is 4.28. The summed E-state index contributed by atoms with van der Waals surface area (Å²) in [5, 5.41) is 6.94. The van der Waals surface area contributed by atoms with E-state index in [0.29, 0.717) is 22.9 Å². The largest absolute Gasteiger partial charge is 0.454 e. The third-order valence-corrected chi connectivity index (χ3v) is 4.38. The van der Waals surface area contributed by atoms with E-state index in [-0.39, 0.29) is 24.9 Å². The molecule has 0 fully saturated rings. The van der Waals surface area contributed by atoms with Gasteiger partial charge in [-0.15, -0.1) is 5.10 Å². The zero-order valence-corrected chi connectivity index (χ0v) is 15.5. The van der Waals surface area contributed by atoms with Crippen LogP contribution in [0.2, 0.25) is 0 Å². The van der Waals surface area contributed by atoms with E-state index in [4.69, 9.17) is 14.2 Å². The van der Waals surface area contributed by atoms with Crippen LogP contribution in [0, 0.1) is 0 Å². The summed E-state index contributed by atoms with van der Waals surface area (Å²) in [6.07, 6.45) is 2.90. The van der Waals surface area contributed by atoms with Crippen LogP contribution in [0.15, 0.2) is 65.7 Å². The van der Waals surface area contributed by atoms with Gasteiger partial charge in [0.25, 0.3) is 5.88 Å². The van der Waals surface area contributed by atoms with E-state index in [1.165, 1.54) is 16.8 Å². The van der Waals surface area contributed by atoms with Crippen LogP contribution in [0.3, 0.4) is 0 Å². The summed E-state index contributed by atoms with van der Waals surface area (Å²) in [5.74, 6) is 1.46. The van der Waals surface area contributed by atoms with Crippen molar-refractivity contribution < 1.29 is 19.0 Å². The summed E-state index contributed by atoms with van der Waals surface area (Å²) in [6.45, 7) is -0.134. The van der Waals surface area contributed by atoms with Crippen molar-refractivity contribution in [3.05, 3.63) is 71.4 Å². The number of nitrogens with one attached hydrogen (secondary N) is 1. The Morgan fingerprint density at radius 2 is 1.97 bits per heavy atom. The normalized spacial score (nSPS) is 12.1. The summed E-state index contributed by atoms with van der Waals surface area (Å²) in [6, 6.07) is 14.1. The highest BCUT2D eigenvalue weighted by Crippen LogP contribution is 2.34. The molecule has 4 aromatic rings. The highest BCUT2D eigenvalue weighted by Gasteiger charge is 2.17. The fourth-order valence-corrected chi connectivity index (χ4v) is 3.01. The molecule has 0 unspecified atom stereocenters. The van der Waals surface area contributed by atoms with E-state index in [1.54, 1.807) is 30.3 Å². The van der Waals surface area contributed by atoms with Crippen LogP contribution in [-0.4, -0.2) is 31.9 Å². The van der Waals surface area contributed by atoms with Crippen LogP contribution in [0.25, 0.3) is 5.65 Å². The van der Waals surface area contributed by atoms with Gasteiger partial charge in [0.15, 0.2) is 11.5 Å². The summed E-state index contributed by atoms with van der Waals surface area (Å²) in [7, 11) is 0. The first-order valence-corrected chi connectivity index (χ1v) is 9.04. The number of nitrogens with zero attached hydrogens (tertiary/aromatic N) is 4. The molecule has 1 aliphatic heterocycles. The van der Waals surface area contributed by atoms with Crippen LogP contribution in [-0.2, 0) is 11.3 Å². The number of ether oxygens (including phenoxy) is 3. The van der Waals surface area contributed by atoms with Gasteiger partial charge in [0, 0.05) is 24.1 Å². The summed E-state index contributed by atoms with van der Waals surface area (Å²) < 4.78 is 18.6. The number of rotatable bonds is 5. The molecule has 30 heavy (non-hydrogen) atoms. The number of fused-ring (bicyclic) bond motifs is 2. The Morgan fingerprint density at radius 1 is 1.13 bits per heavy atom. The van der Waals surface area contributed by atoms with Crippen molar-refractivity contribution in [2.45, 2.75) is 6.54 Å². The number of hydrogen-bond donors (Lipinski definition) is 1. The Labute approximate surface area is 169 Å². The minimum Gasteiger partial charge on any atom is -0.454 e. The molecule has 0 spiro atoms. The molecule has 0 bridgehead atoms. The molecule has 2 aromatic heterocycles. The van der Waals surface area contributed by atoms with Gasteiger partial charge in [-0.25, -0.2) is 18.9 Å². The van der Waals surface area contributed by atoms with Crippen LogP contribution in [0.4, 0.5) is 5.69 Å². The lowest BCUT2D eigenvalue weighted by Crippen LogP contribution is -2.28. The maximum atomic E-state index is 12.6. The third-order valence-electron chi connectivity index (χ3n) is 4.38. The number of carbonyl (C=O) groups is 1. The molecule has 10 heteroatoms. The first-order chi connectivity index (χ1) is 14.7. The molecule has 0 radical (unpaired) electrons. The average molecular weight is 405 g/mol. The first-order valence-electron chi connectivity index (χ1n) is 9.04. The maximum Gasteiger partial charge on any atom is 0.351 e. The van der Waals surface area contributed by atoms with Crippen LogP contribution in [0.1, 0.15) is 0 Å². The van der Waals surface area contributed by atoms with Crippen LogP contribution < -0.4 is 25.2 Å². The molecular weight excluding hydrogens is 390 g/mol. The fraction of sp³-hybridized carbons (Fsp3) is 0.100. The number of anilines is 1. The summed E-state index contributed by atoms with van der Waals surface area (Å²) in [4.78, 5) is 29.2. The number of carbonyl (C=O) groups excluding carboxylic acids is 1. The van der Waals surface area contributed by atoms with Gasteiger partial charge < -0.3 is 19.5 Å². The van der Waals surface area contributed by atoms with Crippen molar-refractivity contribution in [2.75, 3.05) is 12.1 Å². The van der Waals surface area contributed by atoms with Gasteiger partial charge in [0.05, 0.1) is 0 Å². The van der Waals surface area contributed by atoms with Gasteiger partial charge in [-0.2, -0.15) is 0 Å². The SMILES string of the molecule is O=C(Cn1nc2c(Oc3ccccc3)nccn2c1=O)Nc1ccc2c(c1)OCO2. The Bertz CT molecular complexity index is 1300. The smallest absolute Gasteiger partial charge is 0.351 e. The first kappa shape index (κ1) is 17.7. The lowest BCUT2D eigenvalue weighted by Gasteiger charge is -2.05.